The highest BCUT2D eigenvalue weighted by atomic mass is 16.5. The van der Waals surface area contributed by atoms with Gasteiger partial charge in [-0.25, -0.2) is 0 Å². The van der Waals surface area contributed by atoms with Crippen LogP contribution < -0.4 is 9.64 Å². The summed E-state index contributed by atoms with van der Waals surface area (Å²) in [7, 11) is 1.63. The van der Waals surface area contributed by atoms with Crippen molar-refractivity contribution in [2.24, 2.45) is 11.8 Å². The predicted octanol–water partition coefficient (Wildman–Crippen LogP) is 1.96. The van der Waals surface area contributed by atoms with Gasteiger partial charge in [0.2, 0.25) is 0 Å². The van der Waals surface area contributed by atoms with Crippen molar-refractivity contribution in [1.82, 2.24) is 0 Å². The van der Waals surface area contributed by atoms with E-state index >= 15 is 0 Å². The lowest BCUT2D eigenvalue weighted by Gasteiger charge is -2.26. The lowest BCUT2D eigenvalue weighted by atomic mass is 10.00. The third-order valence-corrected chi connectivity index (χ3v) is 4.84. The molecule has 1 aromatic carbocycles. The Balaban J connectivity index is 1.91. The van der Waals surface area contributed by atoms with Crippen LogP contribution in [0.25, 0.3) is 0 Å². The zero-order valence-electron chi connectivity index (χ0n) is 12.1. The molecule has 2 N–H and O–H groups in total. The number of ether oxygens (including phenoxy) is 1. The summed E-state index contributed by atoms with van der Waals surface area (Å²) >= 11 is 0. The van der Waals surface area contributed by atoms with Gasteiger partial charge in [-0.05, 0) is 37.8 Å². The lowest BCUT2D eigenvalue weighted by molar-refractivity contribution is 0.133. The molecule has 1 aliphatic carbocycles. The summed E-state index contributed by atoms with van der Waals surface area (Å²) in [4.78, 5) is 2.29. The molecule has 4 heteroatoms. The van der Waals surface area contributed by atoms with E-state index in [0.29, 0.717) is 11.8 Å². The van der Waals surface area contributed by atoms with Crippen molar-refractivity contribution in [1.29, 1.82) is 0 Å². The predicted molar refractivity (Wildman–Crippen MR) is 78.1 cm³/mol. The number of aliphatic hydroxyl groups excluding tert-OH is 2. The van der Waals surface area contributed by atoms with Crippen molar-refractivity contribution in [2.45, 2.75) is 32.0 Å². The molecule has 0 aromatic heterocycles. The van der Waals surface area contributed by atoms with Crippen LogP contribution in [0, 0.1) is 11.8 Å². The van der Waals surface area contributed by atoms with Crippen LogP contribution in [0.1, 0.15) is 31.4 Å². The number of methoxy groups -OCH3 is 1. The van der Waals surface area contributed by atoms with E-state index in [4.69, 9.17) is 4.74 Å². The summed E-state index contributed by atoms with van der Waals surface area (Å²) < 4.78 is 5.39. The molecule has 4 nitrogen and oxygen atoms in total. The number of nitrogens with zero attached hydrogens (tertiary/aromatic N) is 1. The molecule has 4 unspecified atom stereocenters. The van der Waals surface area contributed by atoms with Gasteiger partial charge in [-0.15, -0.1) is 0 Å². The summed E-state index contributed by atoms with van der Waals surface area (Å²) in [6, 6.07) is 5.89. The molecule has 0 amide bonds. The number of benzene rings is 1. The lowest BCUT2D eigenvalue weighted by Crippen LogP contribution is -2.25. The topological polar surface area (TPSA) is 52.9 Å². The number of fused-ring (bicyclic) bond motifs is 1. The minimum atomic E-state index is -0.563. The maximum Gasteiger partial charge on any atom is 0.126 e. The van der Waals surface area contributed by atoms with E-state index in [2.05, 4.69) is 4.90 Å². The third kappa shape index (κ3) is 2.17. The summed E-state index contributed by atoms with van der Waals surface area (Å²) in [5, 5.41) is 20.1. The normalized spacial score (nSPS) is 30.4. The molecule has 1 heterocycles. The molecule has 1 aromatic rings. The maximum absolute atomic E-state index is 10.1. The van der Waals surface area contributed by atoms with Crippen LogP contribution in [-0.4, -0.2) is 36.5 Å². The van der Waals surface area contributed by atoms with Crippen LogP contribution >= 0.6 is 0 Å². The van der Waals surface area contributed by atoms with Gasteiger partial charge in [0.15, 0.2) is 0 Å². The Kier molecular flexibility index (Phi) is 3.61. The SMILES string of the molecule is COc1cccc(N2CC3CCC(O)C3C2)c1C(C)O. The first-order valence-corrected chi connectivity index (χ1v) is 7.39. The monoisotopic (exact) mass is 277 g/mol. The summed E-state index contributed by atoms with van der Waals surface area (Å²) in [6.45, 7) is 3.61. The van der Waals surface area contributed by atoms with Crippen LogP contribution in [0.2, 0.25) is 0 Å². The van der Waals surface area contributed by atoms with Gasteiger partial charge in [0.1, 0.15) is 5.75 Å². The van der Waals surface area contributed by atoms with Crippen LogP contribution in [0.4, 0.5) is 5.69 Å². The standard InChI is InChI=1S/C16H23NO3/c1-10(18)16-13(4-3-5-15(16)20-2)17-8-11-6-7-14(19)12(11)9-17/h3-5,10-12,14,18-19H,6-9H2,1-2H3. The van der Waals surface area contributed by atoms with Crippen LogP contribution in [0.5, 0.6) is 5.75 Å². The van der Waals surface area contributed by atoms with E-state index in [1.54, 1.807) is 14.0 Å². The van der Waals surface area contributed by atoms with Gasteiger partial charge in [0, 0.05) is 30.3 Å². The van der Waals surface area contributed by atoms with Gasteiger partial charge in [-0.2, -0.15) is 0 Å². The van der Waals surface area contributed by atoms with Gasteiger partial charge in [-0.3, -0.25) is 0 Å². The van der Waals surface area contributed by atoms with Crippen molar-refractivity contribution in [2.75, 3.05) is 25.1 Å². The zero-order valence-corrected chi connectivity index (χ0v) is 12.1. The van der Waals surface area contributed by atoms with Crippen LogP contribution in [0.3, 0.4) is 0 Å². The Labute approximate surface area is 120 Å². The first-order valence-electron chi connectivity index (χ1n) is 7.39. The fourth-order valence-corrected chi connectivity index (χ4v) is 3.84. The Morgan fingerprint density at radius 2 is 2.10 bits per heavy atom. The van der Waals surface area contributed by atoms with Crippen molar-refractivity contribution >= 4 is 5.69 Å². The molecule has 110 valence electrons. The molecule has 0 spiro atoms. The highest BCUT2D eigenvalue weighted by molar-refractivity contribution is 5.61. The second-order valence-electron chi connectivity index (χ2n) is 6.04. The van der Waals surface area contributed by atoms with E-state index < -0.39 is 6.10 Å². The number of hydrogen-bond acceptors (Lipinski definition) is 4. The second kappa shape index (κ2) is 5.26. The molecule has 1 saturated carbocycles. The molecule has 2 aliphatic rings. The quantitative estimate of drug-likeness (QED) is 0.887. The average molecular weight is 277 g/mol. The fourth-order valence-electron chi connectivity index (χ4n) is 3.84. The Morgan fingerprint density at radius 1 is 1.30 bits per heavy atom. The van der Waals surface area contributed by atoms with E-state index in [1.807, 2.05) is 18.2 Å². The first-order chi connectivity index (χ1) is 9.61. The smallest absolute Gasteiger partial charge is 0.126 e. The molecule has 4 atom stereocenters. The molecular formula is C16H23NO3. The molecule has 0 bridgehead atoms. The molecule has 1 saturated heterocycles. The number of hydrogen-bond donors (Lipinski definition) is 2. The maximum atomic E-state index is 10.1. The van der Waals surface area contributed by atoms with E-state index in [-0.39, 0.29) is 6.10 Å². The molecule has 2 fully saturated rings. The van der Waals surface area contributed by atoms with E-state index in [0.717, 1.165) is 42.9 Å². The van der Waals surface area contributed by atoms with Crippen LogP contribution in [0.15, 0.2) is 18.2 Å². The van der Waals surface area contributed by atoms with Gasteiger partial charge in [0.25, 0.3) is 0 Å². The van der Waals surface area contributed by atoms with Crippen molar-refractivity contribution < 1.29 is 14.9 Å². The third-order valence-electron chi connectivity index (χ3n) is 4.84. The molecule has 3 rings (SSSR count). The van der Waals surface area contributed by atoms with Crippen molar-refractivity contribution in [3.8, 4) is 5.75 Å². The number of rotatable bonds is 3. The van der Waals surface area contributed by atoms with E-state index in [1.165, 1.54) is 0 Å². The number of aliphatic hydroxyl groups is 2. The molecular weight excluding hydrogens is 254 g/mol. The van der Waals surface area contributed by atoms with Gasteiger partial charge in [0.05, 0.1) is 19.3 Å². The Morgan fingerprint density at radius 3 is 2.75 bits per heavy atom. The second-order valence-corrected chi connectivity index (χ2v) is 6.04. The molecule has 0 radical (unpaired) electrons. The molecule has 1 aliphatic heterocycles. The minimum Gasteiger partial charge on any atom is -0.496 e. The summed E-state index contributed by atoms with van der Waals surface area (Å²) in [5.74, 6) is 1.69. The highest BCUT2D eigenvalue weighted by Crippen LogP contribution is 2.43. The first kappa shape index (κ1) is 13.7. The van der Waals surface area contributed by atoms with Gasteiger partial charge >= 0.3 is 0 Å². The van der Waals surface area contributed by atoms with Crippen LogP contribution in [-0.2, 0) is 0 Å². The Hall–Kier alpha value is -1.26. The van der Waals surface area contributed by atoms with Gasteiger partial charge in [-0.1, -0.05) is 6.07 Å². The largest absolute Gasteiger partial charge is 0.496 e. The number of anilines is 1. The Bertz CT molecular complexity index is 489. The van der Waals surface area contributed by atoms with Crippen molar-refractivity contribution in [3.05, 3.63) is 23.8 Å². The fraction of sp³-hybridized carbons (Fsp3) is 0.625. The minimum absolute atomic E-state index is 0.161. The zero-order chi connectivity index (χ0) is 14.3. The van der Waals surface area contributed by atoms with E-state index in [9.17, 15) is 10.2 Å². The van der Waals surface area contributed by atoms with Crippen molar-refractivity contribution in [3.63, 3.8) is 0 Å². The summed E-state index contributed by atoms with van der Waals surface area (Å²) in [6.07, 6.45) is 1.32. The molecule has 20 heavy (non-hydrogen) atoms. The highest BCUT2D eigenvalue weighted by Gasteiger charge is 2.42. The summed E-state index contributed by atoms with van der Waals surface area (Å²) in [5.41, 5.74) is 1.89. The average Bonchev–Trinajstić information content (AvgIpc) is 3.00. The van der Waals surface area contributed by atoms with Gasteiger partial charge < -0.3 is 19.8 Å².